The highest BCUT2D eigenvalue weighted by molar-refractivity contribution is 5.92. The Morgan fingerprint density at radius 1 is 1.00 bits per heavy atom. The summed E-state index contributed by atoms with van der Waals surface area (Å²) in [6.07, 6.45) is 4.91. The molecular weight excluding hydrogens is 382 g/mol. The van der Waals surface area contributed by atoms with E-state index in [4.69, 9.17) is 9.47 Å². The third-order valence-electron chi connectivity index (χ3n) is 6.40. The van der Waals surface area contributed by atoms with Crippen LogP contribution in [0.4, 0.5) is 10.6 Å². The van der Waals surface area contributed by atoms with Crippen LogP contribution in [0.3, 0.4) is 0 Å². The summed E-state index contributed by atoms with van der Waals surface area (Å²) in [6.45, 7) is 7.36. The predicted octanol–water partition coefficient (Wildman–Crippen LogP) is 3.01. The van der Waals surface area contributed by atoms with Crippen LogP contribution in [0.15, 0.2) is 18.5 Å². The highest BCUT2D eigenvalue weighted by Crippen LogP contribution is 2.36. The summed E-state index contributed by atoms with van der Waals surface area (Å²) in [5.74, 6) is 2.96. The molecule has 2 amide bonds. The van der Waals surface area contributed by atoms with Gasteiger partial charge >= 0.3 is 6.03 Å². The molecule has 1 aromatic carbocycles. The van der Waals surface area contributed by atoms with E-state index in [1.165, 1.54) is 0 Å². The van der Waals surface area contributed by atoms with Crippen LogP contribution in [0, 0.1) is 5.92 Å². The molecule has 0 spiro atoms. The van der Waals surface area contributed by atoms with E-state index in [1.807, 2.05) is 28.9 Å². The van der Waals surface area contributed by atoms with E-state index >= 15 is 0 Å². The SMILES string of the molecule is CCN1CCN(CCC2CCN(c3ncnc4cc(OC)c(OC)cc34)CC2)C1=O. The number of aromatic nitrogens is 2. The number of ether oxygens (including phenoxy) is 2. The maximum Gasteiger partial charge on any atom is 0.320 e. The Labute approximate surface area is 177 Å². The molecule has 2 aliphatic rings. The van der Waals surface area contributed by atoms with Gasteiger partial charge in [-0.15, -0.1) is 0 Å². The van der Waals surface area contributed by atoms with E-state index in [1.54, 1.807) is 20.5 Å². The fraction of sp³-hybridized carbons (Fsp3) is 0.591. The number of nitrogens with zero attached hydrogens (tertiary/aromatic N) is 5. The number of likely N-dealkylation sites (N-methyl/N-ethyl adjacent to an activating group) is 1. The van der Waals surface area contributed by atoms with Crippen molar-refractivity contribution in [2.45, 2.75) is 26.2 Å². The monoisotopic (exact) mass is 413 g/mol. The average molecular weight is 414 g/mol. The van der Waals surface area contributed by atoms with Gasteiger partial charge in [-0.3, -0.25) is 0 Å². The van der Waals surface area contributed by atoms with E-state index in [9.17, 15) is 4.79 Å². The van der Waals surface area contributed by atoms with E-state index in [2.05, 4.69) is 14.9 Å². The Hall–Kier alpha value is -2.77. The second kappa shape index (κ2) is 8.93. The van der Waals surface area contributed by atoms with Gasteiger partial charge in [0.05, 0.1) is 19.7 Å². The number of methoxy groups -OCH3 is 2. The van der Waals surface area contributed by atoms with Crippen molar-refractivity contribution in [1.29, 1.82) is 0 Å². The number of hydrogen-bond acceptors (Lipinski definition) is 6. The van der Waals surface area contributed by atoms with Gasteiger partial charge in [-0.25, -0.2) is 14.8 Å². The van der Waals surface area contributed by atoms with E-state index in [0.29, 0.717) is 17.4 Å². The summed E-state index contributed by atoms with van der Waals surface area (Å²) in [6, 6.07) is 4.07. The molecule has 0 N–H and O–H groups in total. The molecule has 2 aliphatic heterocycles. The highest BCUT2D eigenvalue weighted by Gasteiger charge is 2.28. The lowest BCUT2D eigenvalue weighted by molar-refractivity contribution is 0.190. The Bertz CT molecular complexity index is 898. The lowest BCUT2D eigenvalue weighted by Crippen LogP contribution is -2.37. The van der Waals surface area contributed by atoms with Crippen molar-refractivity contribution in [1.82, 2.24) is 19.8 Å². The van der Waals surface area contributed by atoms with Gasteiger partial charge in [-0.2, -0.15) is 0 Å². The van der Waals surface area contributed by atoms with Gasteiger partial charge in [-0.05, 0) is 38.2 Å². The predicted molar refractivity (Wildman–Crippen MR) is 116 cm³/mol. The summed E-state index contributed by atoms with van der Waals surface area (Å²) in [5.41, 5.74) is 0.854. The molecule has 0 unspecified atom stereocenters. The quantitative estimate of drug-likeness (QED) is 0.695. The van der Waals surface area contributed by atoms with Gasteiger partial charge in [0.25, 0.3) is 0 Å². The lowest BCUT2D eigenvalue weighted by atomic mass is 9.93. The Balaban J connectivity index is 1.39. The van der Waals surface area contributed by atoms with Crippen LogP contribution >= 0.6 is 0 Å². The fourth-order valence-electron chi connectivity index (χ4n) is 4.53. The first kappa shape index (κ1) is 20.5. The first-order valence-electron chi connectivity index (χ1n) is 10.8. The molecule has 1 aromatic heterocycles. The molecule has 0 radical (unpaired) electrons. The lowest BCUT2D eigenvalue weighted by Gasteiger charge is -2.34. The third-order valence-corrected chi connectivity index (χ3v) is 6.40. The molecule has 4 rings (SSSR count). The molecule has 8 heteroatoms. The van der Waals surface area contributed by atoms with Crippen molar-refractivity contribution in [2.75, 3.05) is 58.4 Å². The molecule has 8 nitrogen and oxygen atoms in total. The van der Waals surface area contributed by atoms with E-state index in [-0.39, 0.29) is 6.03 Å². The number of rotatable bonds is 7. The first-order valence-corrected chi connectivity index (χ1v) is 10.8. The number of carbonyl (C=O) groups is 1. The summed E-state index contributed by atoms with van der Waals surface area (Å²) < 4.78 is 10.9. The van der Waals surface area contributed by atoms with Gasteiger partial charge in [0.15, 0.2) is 11.5 Å². The summed E-state index contributed by atoms with van der Waals surface area (Å²) >= 11 is 0. The molecule has 30 heavy (non-hydrogen) atoms. The number of fused-ring (bicyclic) bond motifs is 1. The summed E-state index contributed by atoms with van der Waals surface area (Å²) in [5, 5.41) is 0.982. The normalized spacial score (nSPS) is 17.8. The number of amides is 2. The highest BCUT2D eigenvalue weighted by atomic mass is 16.5. The van der Waals surface area contributed by atoms with Gasteiger partial charge in [0.2, 0.25) is 0 Å². The second-order valence-electron chi connectivity index (χ2n) is 7.99. The first-order chi connectivity index (χ1) is 14.6. The van der Waals surface area contributed by atoms with Crippen LogP contribution in [0.25, 0.3) is 10.9 Å². The summed E-state index contributed by atoms with van der Waals surface area (Å²) in [7, 11) is 3.27. The molecule has 2 fully saturated rings. The largest absolute Gasteiger partial charge is 0.493 e. The van der Waals surface area contributed by atoms with Crippen LogP contribution in [-0.4, -0.2) is 79.3 Å². The number of anilines is 1. The van der Waals surface area contributed by atoms with Crippen molar-refractivity contribution in [3.05, 3.63) is 18.5 Å². The molecule has 0 saturated carbocycles. The van der Waals surface area contributed by atoms with E-state index < -0.39 is 0 Å². The van der Waals surface area contributed by atoms with Crippen molar-refractivity contribution in [3.8, 4) is 11.5 Å². The molecule has 162 valence electrons. The maximum absolute atomic E-state index is 12.3. The van der Waals surface area contributed by atoms with Crippen LogP contribution in [-0.2, 0) is 0 Å². The van der Waals surface area contributed by atoms with Crippen LogP contribution in [0.2, 0.25) is 0 Å². The van der Waals surface area contributed by atoms with Gasteiger partial charge in [0, 0.05) is 50.7 Å². The zero-order valence-corrected chi connectivity index (χ0v) is 18.1. The minimum Gasteiger partial charge on any atom is -0.493 e. The van der Waals surface area contributed by atoms with Crippen molar-refractivity contribution in [3.63, 3.8) is 0 Å². The molecule has 0 bridgehead atoms. The summed E-state index contributed by atoms with van der Waals surface area (Å²) in [4.78, 5) is 27.5. The smallest absolute Gasteiger partial charge is 0.320 e. The minimum absolute atomic E-state index is 0.201. The van der Waals surface area contributed by atoms with Gasteiger partial charge in [-0.1, -0.05) is 0 Å². The Morgan fingerprint density at radius 3 is 2.37 bits per heavy atom. The molecule has 0 aliphatic carbocycles. The standard InChI is InChI=1S/C22H31N5O3/c1-4-25-11-12-27(22(25)28)10-7-16-5-8-26(9-6-16)21-17-13-19(29-2)20(30-3)14-18(17)23-15-24-21/h13-16H,4-12H2,1-3H3. The van der Waals surface area contributed by atoms with Crippen molar-refractivity contribution >= 4 is 22.8 Å². The number of piperidine rings is 1. The van der Waals surface area contributed by atoms with E-state index in [0.717, 1.165) is 75.3 Å². The number of hydrogen-bond donors (Lipinski definition) is 0. The number of benzene rings is 1. The van der Waals surface area contributed by atoms with Gasteiger partial charge < -0.3 is 24.2 Å². The number of urea groups is 1. The van der Waals surface area contributed by atoms with Crippen LogP contribution in [0.5, 0.6) is 11.5 Å². The zero-order chi connectivity index (χ0) is 21.1. The Kier molecular flexibility index (Phi) is 6.11. The molecule has 2 aromatic rings. The molecule has 3 heterocycles. The van der Waals surface area contributed by atoms with Gasteiger partial charge in [0.1, 0.15) is 12.1 Å². The fourth-order valence-corrected chi connectivity index (χ4v) is 4.53. The minimum atomic E-state index is 0.201. The molecule has 0 atom stereocenters. The van der Waals surface area contributed by atoms with Crippen LogP contribution < -0.4 is 14.4 Å². The topological polar surface area (TPSA) is 71.0 Å². The number of carbonyl (C=O) groups excluding carboxylic acids is 1. The Morgan fingerprint density at radius 2 is 1.70 bits per heavy atom. The second-order valence-corrected chi connectivity index (χ2v) is 7.99. The molecule has 2 saturated heterocycles. The zero-order valence-electron chi connectivity index (χ0n) is 18.1. The third kappa shape index (κ3) is 3.95. The van der Waals surface area contributed by atoms with Crippen LogP contribution in [0.1, 0.15) is 26.2 Å². The van der Waals surface area contributed by atoms with Crippen molar-refractivity contribution < 1.29 is 14.3 Å². The average Bonchev–Trinajstić information content (AvgIpc) is 3.16. The van der Waals surface area contributed by atoms with Crippen molar-refractivity contribution in [2.24, 2.45) is 5.92 Å². The molecular formula is C22H31N5O3. The maximum atomic E-state index is 12.3.